The van der Waals surface area contributed by atoms with Gasteiger partial charge in [-0.2, -0.15) is 0 Å². The van der Waals surface area contributed by atoms with Gasteiger partial charge in [0.2, 0.25) is 0 Å². The smallest absolute Gasteiger partial charge is 0.330 e. The van der Waals surface area contributed by atoms with Crippen LogP contribution in [0.1, 0.15) is 162 Å². The zero-order chi connectivity index (χ0) is 23.5. The second-order valence-corrected chi connectivity index (χ2v) is 10.00. The van der Waals surface area contributed by atoms with Crippen LogP contribution in [0.25, 0.3) is 0 Å². The third kappa shape index (κ3) is 23.9. The van der Waals surface area contributed by atoms with E-state index >= 15 is 0 Å². The molecule has 190 valence electrons. The molecule has 0 fully saturated rings. The van der Waals surface area contributed by atoms with E-state index in [1.807, 2.05) is 0 Å². The van der Waals surface area contributed by atoms with Crippen LogP contribution >= 0.6 is 0 Å². The monoisotopic (exact) mass is 450 g/mol. The van der Waals surface area contributed by atoms with Crippen molar-refractivity contribution in [3.63, 3.8) is 0 Å². The van der Waals surface area contributed by atoms with Crippen molar-refractivity contribution >= 4 is 5.97 Å². The van der Waals surface area contributed by atoms with Gasteiger partial charge in [0.05, 0.1) is 6.61 Å². The van der Waals surface area contributed by atoms with Crippen molar-refractivity contribution in [3.05, 3.63) is 12.7 Å². The lowest BCUT2D eigenvalue weighted by atomic mass is 9.94. The van der Waals surface area contributed by atoms with E-state index < -0.39 is 0 Å². The molecule has 1 unspecified atom stereocenters. The molecule has 0 radical (unpaired) electrons. The first-order chi connectivity index (χ1) is 15.7. The molecule has 0 bridgehead atoms. The fourth-order valence-corrected chi connectivity index (χ4v) is 4.59. The molecule has 0 aromatic rings. The van der Waals surface area contributed by atoms with E-state index in [1.54, 1.807) is 0 Å². The third-order valence-corrected chi connectivity index (χ3v) is 6.81. The molecule has 0 aliphatic rings. The molecule has 0 saturated heterocycles. The Morgan fingerprint density at radius 3 is 1.22 bits per heavy atom. The molecule has 0 aromatic carbocycles. The van der Waals surface area contributed by atoms with Crippen LogP contribution in [0.2, 0.25) is 0 Å². The van der Waals surface area contributed by atoms with Gasteiger partial charge in [0.15, 0.2) is 0 Å². The normalized spacial score (nSPS) is 12.1. The molecule has 0 spiro atoms. The number of carbonyl (C=O) groups excluding carboxylic acids is 1. The van der Waals surface area contributed by atoms with E-state index in [2.05, 4.69) is 20.4 Å². The van der Waals surface area contributed by atoms with Gasteiger partial charge in [-0.15, -0.1) is 0 Å². The molecule has 0 aliphatic heterocycles. The van der Waals surface area contributed by atoms with Crippen LogP contribution in [-0.4, -0.2) is 12.6 Å². The van der Waals surface area contributed by atoms with Gasteiger partial charge in [-0.05, 0) is 18.8 Å². The first-order valence-electron chi connectivity index (χ1n) is 14.5. The summed E-state index contributed by atoms with van der Waals surface area (Å²) in [5.41, 5.74) is 0. The van der Waals surface area contributed by atoms with Gasteiger partial charge in [0.1, 0.15) is 0 Å². The summed E-state index contributed by atoms with van der Waals surface area (Å²) >= 11 is 0. The lowest BCUT2D eigenvalue weighted by molar-refractivity contribution is -0.139. The van der Waals surface area contributed by atoms with Crippen molar-refractivity contribution in [1.29, 1.82) is 0 Å². The summed E-state index contributed by atoms with van der Waals surface area (Å²) in [6.45, 7) is 8.67. The molecular formula is C30H58O2. The van der Waals surface area contributed by atoms with Crippen LogP contribution in [0.3, 0.4) is 0 Å². The predicted molar refractivity (Wildman–Crippen MR) is 142 cm³/mol. The van der Waals surface area contributed by atoms with Crippen LogP contribution in [0.4, 0.5) is 0 Å². The summed E-state index contributed by atoms with van der Waals surface area (Å²) in [5.74, 6) is 0.267. The Morgan fingerprint density at radius 1 is 0.594 bits per heavy atom. The van der Waals surface area contributed by atoms with Crippen molar-refractivity contribution in [2.45, 2.75) is 162 Å². The molecular weight excluding hydrogens is 392 g/mol. The lowest BCUT2D eigenvalue weighted by Crippen LogP contribution is -2.13. The quantitative estimate of drug-likeness (QED) is 0.0744. The van der Waals surface area contributed by atoms with Crippen molar-refractivity contribution in [2.24, 2.45) is 5.92 Å². The van der Waals surface area contributed by atoms with Gasteiger partial charge in [0.25, 0.3) is 0 Å². The zero-order valence-electron chi connectivity index (χ0n) is 22.1. The molecule has 32 heavy (non-hydrogen) atoms. The number of carbonyl (C=O) groups is 1. The Bertz CT molecular complexity index is 390. The van der Waals surface area contributed by atoms with E-state index in [0.29, 0.717) is 12.5 Å². The van der Waals surface area contributed by atoms with E-state index in [9.17, 15) is 4.79 Å². The van der Waals surface area contributed by atoms with Gasteiger partial charge in [0, 0.05) is 6.08 Å². The molecule has 0 amide bonds. The van der Waals surface area contributed by atoms with Crippen LogP contribution < -0.4 is 0 Å². The predicted octanol–water partition coefficient (Wildman–Crippen LogP) is 10.3. The molecule has 0 aliphatic carbocycles. The maximum Gasteiger partial charge on any atom is 0.330 e. The highest BCUT2D eigenvalue weighted by molar-refractivity contribution is 5.81. The Kier molecular flexibility index (Phi) is 25.8. The lowest BCUT2D eigenvalue weighted by Gasteiger charge is -2.16. The zero-order valence-corrected chi connectivity index (χ0v) is 22.1. The van der Waals surface area contributed by atoms with Crippen LogP contribution in [0.15, 0.2) is 12.7 Å². The van der Waals surface area contributed by atoms with E-state index in [1.165, 1.54) is 154 Å². The first kappa shape index (κ1) is 31.2. The van der Waals surface area contributed by atoms with E-state index in [0.717, 1.165) is 0 Å². The van der Waals surface area contributed by atoms with Crippen LogP contribution in [-0.2, 0) is 9.53 Å². The molecule has 0 rings (SSSR count). The number of rotatable bonds is 26. The molecule has 0 saturated carbocycles. The molecule has 2 heteroatoms. The number of hydrogen-bond acceptors (Lipinski definition) is 2. The fraction of sp³-hybridized carbons (Fsp3) is 0.900. The minimum Gasteiger partial charge on any atom is -0.462 e. The Hall–Kier alpha value is -0.790. The third-order valence-electron chi connectivity index (χ3n) is 6.81. The van der Waals surface area contributed by atoms with Gasteiger partial charge in [-0.3, -0.25) is 0 Å². The van der Waals surface area contributed by atoms with Gasteiger partial charge < -0.3 is 4.74 Å². The number of esters is 1. The summed E-state index contributed by atoms with van der Waals surface area (Å²) in [4.78, 5) is 11.5. The Morgan fingerprint density at radius 2 is 0.906 bits per heavy atom. The molecule has 0 aromatic heterocycles. The van der Waals surface area contributed by atoms with Crippen molar-refractivity contribution in [2.75, 3.05) is 6.61 Å². The number of hydrogen-bond donors (Lipinski definition) is 0. The molecule has 2 nitrogen and oxygen atoms in total. The maximum absolute atomic E-state index is 11.5. The summed E-state index contributed by atoms with van der Waals surface area (Å²) in [5, 5.41) is 0. The molecule has 0 heterocycles. The maximum atomic E-state index is 11.5. The number of unbranched alkanes of at least 4 members (excludes halogenated alkanes) is 19. The second-order valence-electron chi connectivity index (χ2n) is 10.00. The first-order valence-corrected chi connectivity index (χ1v) is 14.5. The van der Waals surface area contributed by atoms with Crippen molar-refractivity contribution in [3.8, 4) is 0 Å². The average molecular weight is 451 g/mol. The largest absolute Gasteiger partial charge is 0.462 e. The number of ether oxygens (including phenoxy) is 1. The SMILES string of the molecule is C=CC(=O)OCC(CCCCCCCCCCCC)CCCCCCCCCCCCC. The minimum atomic E-state index is -0.267. The summed E-state index contributed by atoms with van der Waals surface area (Å²) in [6.07, 6.45) is 32.7. The molecule has 1 atom stereocenters. The van der Waals surface area contributed by atoms with E-state index in [4.69, 9.17) is 4.74 Å². The summed E-state index contributed by atoms with van der Waals surface area (Å²) in [7, 11) is 0. The highest BCUT2D eigenvalue weighted by Crippen LogP contribution is 2.20. The van der Waals surface area contributed by atoms with Crippen LogP contribution in [0, 0.1) is 5.92 Å². The van der Waals surface area contributed by atoms with Crippen molar-refractivity contribution in [1.82, 2.24) is 0 Å². The Balaban J connectivity index is 3.74. The average Bonchev–Trinajstić information content (AvgIpc) is 2.81. The minimum absolute atomic E-state index is 0.267. The highest BCUT2D eigenvalue weighted by Gasteiger charge is 2.11. The van der Waals surface area contributed by atoms with Gasteiger partial charge in [-0.1, -0.05) is 155 Å². The highest BCUT2D eigenvalue weighted by atomic mass is 16.5. The van der Waals surface area contributed by atoms with Crippen LogP contribution in [0.5, 0.6) is 0 Å². The topological polar surface area (TPSA) is 26.3 Å². The summed E-state index contributed by atoms with van der Waals surface area (Å²) < 4.78 is 5.39. The fourth-order valence-electron chi connectivity index (χ4n) is 4.59. The van der Waals surface area contributed by atoms with Gasteiger partial charge in [-0.25, -0.2) is 4.79 Å². The second kappa shape index (κ2) is 26.5. The summed E-state index contributed by atoms with van der Waals surface area (Å²) in [6, 6.07) is 0. The van der Waals surface area contributed by atoms with Crippen molar-refractivity contribution < 1.29 is 9.53 Å². The van der Waals surface area contributed by atoms with Gasteiger partial charge >= 0.3 is 5.97 Å². The molecule has 0 N–H and O–H groups in total. The Labute approximate surface area is 202 Å². The standard InChI is InChI=1S/C30H58O2/c1-4-7-9-11-13-15-17-19-21-23-25-27-29(28-32-30(31)6-3)26-24-22-20-18-16-14-12-10-8-5-2/h6,29H,3-5,7-28H2,1-2H3. The van der Waals surface area contributed by atoms with E-state index in [-0.39, 0.29) is 5.97 Å².